The molecule has 2 N–H and O–H groups in total. The van der Waals surface area contributed by atoms with Crippen LogP contribution in [0.2, 0.25) is 0 Å². The van der Waals surface area contributed by atoms with Gasteiger partial charge in [-0.1, -0.05) is 0 Å². The van der Waals surface area contributed by atoms with Crippen LogP contribution in [0.15, 0.2) is 0 Å². The quantitative estimate of drug-likeness (QED) is 0.806. The molecule has 5 rings (SSSR count). The molecular formula is C15H26N2O. The van der Waals surface area contributed by atoms with Crippen LogP contribution in [0.25, 0.3) is 0 Å². The summed E-state index contributed by atoms with van der Waals surface area (Å²) in [5.41, 5.74) is 5.79. The van der Waals surface area contributed by atoms with Gasteiger partial charge in [0.2, 0.25) is 0 Å². The van der Waals surface area contributed by atoms with Gasteiger partial charge in [0, 0.05) is 25.7 Å². The monoisotopic (exact) mass is 250 g/mol. The van der Waals surface area contributed by atoms with Gasteiger partial charge in [-0.3, -0.25) is 4.90 Å². The van der Waals surface area contributed by atoms with Crippen molar-refractivity contribution in [3.05, 3.63) is 0 Å². The van der Waals surface area contributed by atoms with E-state index in [1.165, 1.54) is 25.7 Å². The summed E-state index contributed by atoms with van der Waals surface area (Å²) in [6, 6.07) is 0.871. The zero-order chi connectivity index (χ0) is 12.1. The molecule has 4 saturated carbocycles. The Bertz CT molecular complexity index is 292. The summed E-state index contributed by atoms with van der Waals surface area (Å²) in [5.74, 6) is 4.15. The standard InChI is InChI=1S/C15H26N2O/c16-8-14-9-17(1-2-18-14)15-12-4-10-3-11(6-12)7-13(15)5-10/h10-15H,1-9,16H2. The van der Waals surface area contributed by atoms with Crippen molar-refractivity contribution in [2.75, 3.05) is 26.2 Å². The molecule has 0 aromatic rings. The average molecular weight is 250 g/mol. The van der Waals surface area contributed by atoms with Crippen molar-refractivity contribution in [3.8, 4) is 0 Å². The molecule has 1 aliphatic heterocycles. The largest absolute Gasteiger partial charge is 0.374 e. The predicted octanol–water partition coefficient (Wildman–Crippen LogP) is 1.47. The van der Waals surface area contributed by atoms with E-state index in [1.807, 2.05) is 0 Å². The Balaban J connectivity index is 1.50. The Morgan fingerprint density at radius 1 is 1.00 bits per heavy atom. The molecule has 0 aromatic heterocycles. The summed E-state index contributed by atoms with van der Waals surface area (Å²) in [6.45, 7) is 3.81. The lowest BCUT2D eigenvalue weighted by Gasteiger charge is -2.58. The molecule has 3 nitrogen and oxygen atoms in total. The van der Waals surface area contributed by atoms with E-state index in [2.05, 4.69) is 4.90 Å². The van der Waals surface area contributed by atoms with E-state index >= 15 is 0 Å². The highest BCUT2D eigenvalue weighted by Crippen LogP contribution is 2.55. The SMILES string of the molecule is NCC1CN(C2C3CC4CC(C3)CC2C4)CCO1. The van der Waals surface area contributed by atoms with Gasteiger partial charge in [0.05, 0.1) is 12.7 Å². The summed E-state index contributed by atoms with van der Waals surface area (Å²) < 4.78 is 5.73. The smallest absolute Gasteiger partial charge is 0.0824 e. The van der Waals surface area contributed by atoms with E-state index < -0.39 is 0 Å². The van der Waals surface area contributed by atoms with Crippen molar-refractivity contribution < 1.29 is 4.74 Å². The highest BCUT2D eigenvalue weighted by Gasteiger charge is 2.50. The highest BCUT2D eigenvalue weighted by atomic mass is 16.5. The van der Waals surface area contributed by atoms with Crippen molar-refractivity contribution in [1.29, 1.82) is 0 Å². The molecule has 18 heavy (non-hydrogen) atoms. The van der Waals surface area contributed by atoms with Crippen molar-refractivity contribution in [3.63, 3.8) is 0 Å². The first-order valence-electron chi connectivity index (χ1n) is 7.89. The van der Waals surface area contributed by atoms with Crippen LogP contribution in [-0.2, 0) is 4.74 Å². The molecule has 102 valence electrons. The van der Waals surface area contributed by atoms with Gasteiger partial charge in [-0.25, -0.2) is 0 Å². The Labute approximate surface area is 110 Å². The third kappa shape index (κ3) is 1.83. The van der Waals surface area contributed by atoms with Crippen LogP contribution in [-0.4, -0.2) is 43.3 Å². The fraction of sp³-hybridized carbons (Fsp3) is 1.00. The van der Waals surface area contributed by atoms with Crippen LogP contribution in [0.5, 0.6) is 0 Å². The summed E-state index contributed by atoms with van der Waals surface area (Å²) in [6.07, 6.45) is 7.90. The third-order valence-electron chi connectivity index (χ3n) is 6.03. The number of ether oxygens (including phenoxy) is 1. The zero-order valence-electron chi connectivity index (χ0n) is 11.3. The normalized spacial score (nSPS) is 51.8. The number of hydrogen-bond donors (Lipinski definition) is 1. The van der Waals surface area contributed by atoms with E-state index in [4.69, 9.17) is 10.5 Å². The second kappa shape index (κ2) is 4.46. The van der Waals surface area contributed by atoms with E-state index in [1.54, 1.807) is 6.42 Å². The minimum atomic E-state index is 0.288. The molecule has 1 saturated heterocycles. The van der Waals surface area contributed by atoms with Gasteiger partial charge in [0.1, 0.15) is 0 Å². The summed E-state index contributed by atoms with van der Waals surface area (Å²) >= 11 is 0. The van der Waals surface area contributed by atoms with Gasteiger partial charge in [0.15, 0.2) is 0 Å². The molecule has 4 bridgehead atoms. The first-order chi connectivity index (χ1) is 8.83. The second-order valence-corrected chi connectivity index (χ2v) is 7.14. The number of nitrogens with two attached hydrogens (primary N) is 1. The predicted molar refractivity (Wildman–Crippen MR) is 71.2 cm³/mol. The van der Waals surface area contributed by atoms with Gasteiger partial charge < -0.3 is 10.5 Å². The molecule has 0 aromatic carbocycles. The van der Waals surface area contributed by atoms with Crippen molar-refractivity contribution in [2.45, 2.75) is 44.2 Å². The number of morpholine rings is 1. The zero-order valence-corrected chi connectivity index (χ0v) is 11.3. The Kier molecular flexibility index (Phi) is 2.90. The van der Waals surface area contributed by atoms with E-state index in [-0.39, 0.29) is 6.10 Å². The maximum Gasteiger partial charge on any atom is 0.0824 e. The fourth-order valence-corrected chi connectivity index (χ4v) is 5.65. The van der Waals surface area contributed by atoms with E-state index in [0.29, 0.717) is 6.54 Å². The summed E-state index contributed by atoms with van der Waals surface area (Å²) in [4.78, 5) is 2.74. The second-order valence-electron chi connectivity index (χ2n) is 7.14. The van der Waals surface area contributed by atoms with Crippen LogP contribution < -0.4 is 5.73 Å². The number of nitrogens with zero attached hydrogens (tertiary/aromatic N) is 1. The van der Waals surface area contributed by atoms with Crippen LogP contribution in [0.1, 0.15) is 32.1 Å². The lowest BCUT2D eigenvalue weighted by Crippen LogP contribution is -2.60. The molecule has 0 spiro atoms. The molecule has 3 heteroatoms. The van der Waals surface area contributed by atoms with Crippen LogP contribution in [0, 0.1) is 23.7 Å². The molecule has 5 aliphatic rings. The summed E-state index contributed by atoms with van der Waals surface area (Å²) in [7, 11) is 0. The maximum atomic E-state index is 5.79. The first kappa shape index (κ1) is 11.7. The van der Waals surface area contributed by atoms with Gasteiger partial charge >= 0.3 is 0 Å². The average Bonchev–Trinajstić information content (AvgIpc) is 2.38. The van der Waals surface area contributed by atoms with Crippen molar-refractivity contribution in [2.24, 2.45) is 29.4 Å². The van der Waals surface area contributed by atoms with E-state index in [9.17, 15) is 0 Å². The van der Waals surface area contributed by atoms with Crippen molar-refractivity contribution >= 4 is 0 Å². The van der Waals surface area contributed by atoms with Crippen molar-refractivity contribution in [1.82, 2.24) is 4.90 Å². The third-order valence-corrected chi connectivity index (χ3v) is 6.03. The Morgan fingerprint density at radius 3 is 2.28 bits per heavy atom. The Hall–Kier alpha value is -0.120. The van der Waals surface area contributed by atoms with Crippen LogP contribution in [0.3, 0.4) is 0 Å². The molecular weight excluding hydrogens is 224 g/mol. The number of hydrogen-bond acceptors (Lipinski definition) is 3. The molecule has 0 amide bonds. The molecule has 4 aliphatic carbocycles. The topological polar surface area (TPSA) is 38.5 Å². The number of rotatable bonds is 2. The molecule has 0 radical (unpaired) electrons. The molecule has 1 atom stereocenters. The van der Waals surface area contributed by atoms with Gasteiger partial charge in [-0.05, 0) is 55.8 Å². The molecule has 1 heterocycles. The van der Waals surface area contributed by atoms with Crippen LogP contribution in [0.4, 0.5) is 0 Å². The lowest BCUT2D eigenvalue weighted by atomic mass is 9.54. The molecule has 1 unspecified atom stereocenters. The minimum absolute atomic E-state index is 0.288. The van der Waals surface area contributed by atoms with E-state index in [0.717, 1.165) is 49.4 Å². The Morgan fingerprint density at radius 2 is 1.67 bits per heavy atom. The summed E-state index contributed by atoms with van der Waals surface area (Å²) in [5, 5.41) is 0. The first-order valence-corrected chi connectivity index (χ1v) is 7.89. The van der Waals surface area contributed by atoms with Gasteiger partial charge in [0.25, 0.3) is 0 Å². The fourth-order valence-electron chi connectivity index (χ4n) is 5.65. The van der Waals surface area contributed by atoms with Gasteiger partial charge in [-0.15, -0.1) is 0 Å². The van der Waals surface area contributed by atoms with Gasteiger partial charge in [-0.2, -0.15) is 0 Å². The minimum Gasteiger partial charge on any atom is -0.374 e. The van der Waals surface area contributed by atoms with Crippen LogP contribution >= 0.6 is 0 Å². The maximum absolute atomic E-state index is 5.79. The lowest BCUT2D eigenvalue weighted by molar-refractivity contribution is -0.109. The highest BCUT2D eigenvalue weighted by molar-refractivity contribution is 5.02. The molecule has 5 fully saturated rings.